The van der Waals surface area contributed by atoms with Gasteiger partial charge in [-0.3, -0.25) is 24.5 Å². The first-order chi connectivity index (χ1) is 15.9. The molecule has 33 heavy (non-hydrogen) atoms. The van der Waals surface area contributed by atoms with Crippen molar-refractivity contribution in [3.8, 4) is 11.3 Å². The molecule has 3 N–H and O–H groups in total. The molecule has 0 radical (unpaired) electrons. The Morgan fingerprint density at radius 2 is 1.91 bits per heavy atom. The number of piperidine rings is 1. The molecule has 0 unspecified atom stereocenters. The van der Waals surface area contributed by atoms with Gasteiger partial charge in [-0.2, -0.15) is 0 Å². The number of aliphatic hydroxyl groups excluding tert-OH is 1. The van der Waals surface area contributed by atoms with E-state index in [1.807, 2.05) is 34.9 Å². The van der Waals surface area contributed by atoms with Crippen LogP contribution in [0.3, 0.4) is 0 Å². The molecule has 0 bridgehead atoms. The van der Waals surface area contributed by atoms with Gasteiger partial charge < -0.3 is 15.7 Å². The zero-order valence-corrected chi connectivity index (χ0v) is 18.9. The molecule has 1 fully saturated rings. The average molecular weight is 449 g/mol. The minimum Gasteiger partial charge on any atom is -0.390 e. The number of hydrogen-bond acceptors (Lipinski definition) is 7. The number of hydrogen-bond donors (Lipinski definition) is 2. The third kappa shape index (κ3) is 4.84. The molecule has 1 aliphatic heterocycles. The molecule has 4 rings (SSSR count). The molecule has 3 aromatic heterocycles. The van der Waals surface area contributed by atoms with Gasteiger partial charge in [0.15, 0.2) is 0 Å². The van der Waals surface area contributed by atoms with E-state index in [4.69, 9.17) is 10.7 Å². The van der Waals surface area contributed by atoms with E-state index in [1.54, 1.807) is 25.4 Å². The van der Waals surface area contributed by atoms with Gasteiger partial charge in [-0.05, 0) is 49.6 Å². The summed E-state index contributed by atoms with van der Waals surface area (Å²) < 4.78 is 0. The van der Waals surface area contributed by atoms with E-state index in [9.17, 15) is 14.7 Å². The number of carbonyl (C=O) groups is 2. The summed E-state index contributed by atoms with van der Waals surface area (Å²) in [5.41, 5.74) is 10.5. The van der Waals surface area contributed by atoms with Crippen LogP contribution < -0.4 is 10.6 Å². The van der Waals surface area contributed by atoms with Crippen LogP contribution in [0.2, 0.25) is 0 Å². The minimum absolute atomic E-state index is 0.00751. The number of amides is 2. The number of nitrogens with zero attached hydrogens (tertiary/aromatic N) is 5. The molecule has 9 nitrogen and oxygen atoms in total. The van der Waals surface area contributed by atoms with Crippen LogP contribution in [0.1, 0.15) is 31.0 Å². The second kappa shape index (κ2) is 9.60. The van der Waals surface area contributed by atoms with E-state index in [1.165, 1.54) is 0 Å². The molecule has 0 atom stereocenters. The van der Waals surface area contributed by atoms with Crippen molar-refractivity contribution in [2.75, 3.05) is 24.5 Å². The second-order valence-electron chi connectivity index (χ2n) is 8.41. The van der Waals surface area contributed by atoms with Crippen molar-refractivity contribution in [3.05, 3.63) is 47.9 Å². The molecule has 0 saturated carbocycles. The quantitative estimate of drug-likeness (QED) is 0.589. The highest BCUT2D eigenvalue weighted by Gasteiger charge is 2.30. The first-order valence-electron chi connectivity index (χ1n) is 11.0. The van der Waals surface area contributed by atoms with Crippen LogP contribution in [0.5, 0.6) is 0 Å². The molecule has 0 aliphatic carbocycles. The number of nitrogens with two attached hydrogens (primary N) is 1. The van der Waals surface area contributed by atoms with Crippen LogP contribution in [0.15, 0.2) is 36.7 Å². The highest BCUT2D eigenvalue weighted by Crippen LogP contribution is 2.33. The lowest BCUT2D eigenvalue weighted by atomic mass is 10.0. The molecule has 4 heterocycles. The fraction of sp³-hybridized carbons (Fsp3) is 0.375. The SMILES string of the molecule is CC(=O)N(c1c(C)cnc2ccc(-c3ccc(CO)nc3)nc12)C1CCN(CC(N)=O)CC1. The van der Waals surface area contributed by atoms with Crippen molar-refractivity contribution < 1.29 is 14.7 Å². The second-order valence-corrected chi connectivity index (χ2v) is 8.41. The van der Waals surface area contributed by atoms with Gasteiger partial charge in [-0.15, -0.1) is 0 Å². The van der Waals surface area contributed by atoms with E-state index < -0.39 is 0 Å². The summed E-state index contributed by atoms with van der Waals surface area (Å²) in [6, 6.07) is 7.40. The molecular formula is C24H28N6O3. The Balaban J connectivity index is 1.73. The number of rotatable bonds is 6. The first-order valence-corrected chi connectivity index (χ1v) is 11.0. The molecule has 172 valence electrons. The lowest BCUT2D eigenvalue weighted by Gasteiger charge is -2.38. The highest BCUT2D eigenvalue weighted by molar-refractivity contribution is 6.02. The molecule has 1 saturated heterocycles. The number of primary amides is 1. The first kappa shape index (κ1) is 22.8. The number of fused-ring (bicyclic) bond motifs is 1. The van der Waals surface area contributed by atoms with Crippen LogP contribution >= 0.6 is 0 Å². The van der Waals surface area contributed by atoms with Crippen LogP contribution in [0, 0.1) is 6.92 Å². The van der Waals surface area contributed by atoms with Gasteiger partial charge in [0, 0.05) is 44.0 Å². The summed E-state index contributed by atoms with van der Waals surface area (Å²) in [7, 11) is 0. The number of likely N-dealkylation sites (tertiary alicyclic amines) is 1. The van der Waals surface area contributed by atoms with Gasteiger partial charge >= 0.3 is 0 Å². The van der Waals surface area contributed by atoms with Gasteiger partial charge in [-0.1, -0.05) is 0 Å². The highest BCUT2D eigenvalue weighted by atomic mass is 16.3. The van der Waals surface area contributed by atoms with Gasteiger partial charge in [0.05, 0.1) is 35.7 Å². The van der Waals surface area contributed by atoms with E-state index in [0.717, 1.165) is 29.7 Å². The number of aliphatic hydroxyl groups is 1. The molecule has 9 heteroatoms. The molecule has 2 amide bonds. The van der Waals surface area contributed by atoms with Gasteiger partial charge in [0.2, 0.25) is 11.8 Å². The molecule has 3 aromatic rings. The number of aromatic nitrogens is 3. The smallest absolute Gasteiger partial charge is 0.231 e. The Bertz CT molecular complexity index is 1170. The molecular weight excluding hydrogens is 420 g/mol. The number of anilines is 1. The van der Waals surface area contributed by atoms with E-state index in [-0.39, 0.29) is 31.0 Å². The number of carbonyl (C=O) groups excluding carboxylic acids is 2. The Hall–Kier alpha value is -3.43. The average Bonchev–Trinajstić information content (AvgIpc) is 2.81. The monoisotopic (exact) mass is 448 g/mol. The number of aryl methyl sites for hydroxylation is 1. The van der Waals surface area contributed by atoms with Crippen molar-refractivity contribution >= 4 is 28.5 Å². The van der Waals surface area contributed by atoms with Crippen molar-refractivity contribution in [1.82, 2.24) is 19.9 Å². The maximum Gasteiger partial charge on any atom is 0.231 e. The molecule has 0 spiro atoms. The third-order valence-corrected chi connectivity index (χ3v) is 6.03. The van der Waals surface area contributed by atoms with Crippen LogP contribution in [-0.2, 0) is 16.2 Å². The Morgan fingerprint density at radius 1 is 1.15 bits per heavy atom. The van der Waals surface area contributed by atoms with E-state index >= 15 is 0 Å². The van der Waals surface area contributed by atoms with E-state index in [2.05, 4.69) is 9.97 Å². The lowest BCUT2D eigenvalue weighted by Crippen LogP contribution is -2.48. The Labute approximate surface area is 192 Å². The third-order valence-electron chi connectivity index (χ3n) is 6.03. The standard InChI is InChI=1S/C24H28N6O3/c1-15-11-27-21-6-5-20(17-3-4-18(14-31)26-12-17)28-23(21)24(15)30(16(2)32)19-7-9-29(10-8-19)13-22(25)33/h3-6,11-12,19,31H,7-10,13-14H2,1-2H3,(H2,25,33). The van der Waals surface area contributed by atoms with Gasteiger partial charge in [0.25, 0.3) is 0 Å². The van der Waals surface area contributed by atoms with E-state index in [0.29, 0.717) is 35.5 Å². The summed E-state index contributed by atoms with van der Waals surface area (Å²) in [6.45, 7) is 5.01. The van der Waals surface area contributed by atoms with Crippen LogP contribution in [0.4, 0.5) is 5.69 Å². The van der Waals surface area contributed by atoms with Gasteiger partial charge in [-0.25, -0.2) is 4.98 Å². The van der Waals surface area contributed by atoms with Crippen molar-refractivity contribution in [2.45, 2.75) is 39.3 Å². The van der Waals surface area contributed by atoms with Gasteiger partial charge in [0.1, 0.15) is 5.52 Å². The Morgan fingerprint density at radius 3 is 2.52 bits per heavy atom. The normalized spacial score (nSPS) is 15.0. The fourth-order valence-corrected chi connectivity index (χ4v) is 4.43. The summed E-state index contributed by atoms with van der Waals surface area (Å²) >= 11 is 0. The topological polar surface area (TPSA) is 126 Å². The fourth-order valence-electron chi connectivity index (χ4n) is 4.43. The summed E-state index contributed by atoms with van der Waals surface area (Å²) in [5.74, 6) is -0.397. The Kier molecular flexibility index (Phi) is 6.62. The molecule has 0 aromatic carbocycles. The van der Waals surface area contributed by atoms with Crippen molar-refractivity contribution in [1.29, 1.82) is 0 Å². The zero-order chi connectivity index (χ0) is 23.5. The lowest BCUT2D eigenvalue weighted by molar-refractivity contribution is -0.120. The predicted octanol–water partition coefficient (Wildman–Crippen LogP) is 1.80. The summed E-state index contributed by atoms with van der Waals surface area (Å²) in [6.07, 6.45) is 4.93. The summed E-state index contributed by atoms with van der Waals surface area (Å²) in [5, 5.41) is 9.25. The summed E-state index contributed by atoms with van der Waals surface area (Å²) in [4.78, 5) is 41.7. The van der Waals surface area contributed by atoms with Crippen LogP contribution in [0.25, 0.3) is 22.3 Å². The predicted molar refractivity (Wildman–Crippen MR) is 125 cm³/mol. The minimum atomic E-state index is -0.342. The maximum absolute atomic E-state index is 12.9. The molecule has 1 aliphatic rings. The van der Waals surface area contributed by atoms with Crippen molar-refractivity contribution in [2.24, 2.45) is 5.73 Å². The largest absolute Gasteiger partial charge is 0.390 e. The van der Waals surface area contributed by atoms with Crippen LogP contribution in [-0.4, -0.2) is 62.4 Å². The van der Waals surface area contributed by atoms with Crippen molar-refractivity contribution in [3.63, 3.8) is 0 Å². The maximum atomic E-state index is 12.9. The number of pyridine rings is 3. The zero-order valence-electron chi connectivity index (χ0n) is 18.9.